The first-order valence-corrected chi connectivity index (χ1v) is 9.18. The minimum absolute atomic E-state index is 0.0408. The van der Waals surface area contributed by atoms with Crippen LogP contribution in [0.5, 0.6) is 0 Å². The van der Waals surface area contributed by atoms with Crippen LogP contribution in [-0.4, -0.2) is 35.8 Å². The fourth-order valence-electron chi connectivity index (χ4n) is 4.03. The first-order valence-electron chi connectivity index (χ1n) is 9.18. The highest BCUT2D eigenvalue weighted by molar-refractivity contribution is 5.94. The van der Waals surface area contributed by atoms with Crippen molar-refractivity contribution < 1.29 is 14.0 Å². The minimum atomic E-state index is -0.0981. The second-order valence-corrected chi connectivity index (χ2v) is 7.48. The molecule has 5 heteroatoms. The zero-order chi connectivity index (χ0) is 17.1. The fraction of sp³-hybridized carbons (Fsp3) is 0.684. The Morgan fingerprint density at radius 2 is 2.04 bits per heavy atom. The Morgan fingerprint density at radius 1 is 1.21 bits per heavy atom. The molecule has 2 fully saturated rings. The van der Waals surface area contributed by atoms with Gasteiger partial charge in [0.1, 0.15) is 6.26 Å². The van der Waals surface area contributed by atoms with Gasteiger partial charge in [0.2, 0.25) is 5.91 Å². The van der Waals surface area contributed by atoms with E-state index < -0.39 is 0 Å². The number of amides is 2. The topological polar surface area (TPSA) is 62.6 Å². The van der Waals surface area contributed by atoms with Crippen molar-refractivity contribution in [3.05, 3.63) is 24.2 Å². The lowest BCUT2D eigenvalue weighted by atomic mass is 9.78. The van der Waals surface area contributed by atoms with Gasteiger partial charge in [0.05, 0.1) is 17.7 Å². The molecular weight excluding hydrogens is 304 g/mol. The Kier molecular flexibility index (Phi) is 5.27. The van der Waals surface area contributed by atoms with Crippen molar-refractivity contribution in [3.8, 4) is 0 Å². The van der Waals surface area contributed by atoms with Gasteiger partial charge in [-0.15, -0.1) is 0 Å². The molecule has 0 bridgehead atoms. The Balaban J connectivity index is 1.58. The highest BCUT2D eigenvalue weighted by Crippen LogP contribution is 2.30. The van der Waals surface area contributed by atoms with Crippen molar-refractivity contribution in [2.45, 2.75) is 52.0 Å². The van der Waals surface area contributed by atoms with E-state index in [0.717, 1.165) is 19.3 Å². The molecule has 4 atom stereocenters. The molecule has 0 aromatic carbocycles. The van der Waals surface area contributed by atoms with Gasteiger partial charge >= 0.3 is 0 Å². The first-order chi connectivity index (χ1) is 11.6. The van der Waals surface area contributed by atoms with Gasteiger partial charge in [-0.1, -0.05) is 26.7 Å². The zero-order valence-corrected chi connectivity index (χ0v) is 14.7. The summed E-state index contributed by atoms with van der Waals surface area (Å²) in [6.07, 6.45) is 8.22. The zero-order valence-electron chi connectivity index (χ0n) is 14.7. The van der Waals surface area contributed by atoms with Crippen LogP contribution in [0.3, 0.4) is 0 Å². The lowest BCUT2D eigenvalue weighted by Crippen LogP contribution is -2.50. The number of likely N-dealkylation sites (tertiary alicyclic amines) is 1. The number of nitrogens with zero attached hydrogens (tertiary/aromatic N) is 1. The van der Waals surface area contributed by atoms with E-state index in [1.807, 2.05) is 0 Å². The van der Waals surface area contributed by atoms with Gasteiger partial charge in [-0.3, -0.25) is 9.59 Å². The highest BCUT2D eigenvalue weighted by Gasteiger charge is 2.33. The predicted octanol–water partition coefficient (Wildman–Crippen LogP) is 3.07. The maximum absolute atomic E-state index is 12.7. The standard InChI is InChI=1S/C19H28N2O3/c1-13-5-3-7-17(14(13)2)20-18(22)15-6-4-9-21(11-15)19(23)16-8-10-24-12-16/h8,10,12-15,17H,3-7,9,11H2,1-2H3,(H,20,22)/t13-,14-,15+,17+/m1/s1. The van der Waals surface area contributed by atoms with Gasteiger partial charge in [0.25, 0.3) is 5.91 Å². The van der Waals surface area contributed by atoms with Gasteiger partial charge in [0, 0.05) is 19.1 Å². The largest absolute Gasteiger partial charge is 0.472 e. The van der Waals surface area contributed by atoms with Crippen LogP contribution in [-0.2, 0) is 4.79 Å². The normalized spacial score (nSPS) is 30.8. The maximum atomic E-state index is 12.7. The van der Waals surface area contributed by atoms with Crippen molar-refractivity contribution in [3.63, 3.8) is 0 Å². The van der Waals surface area contributed by atoms with E-state index in [9.17, 15) is 9.59 Å². The molecule has 1 aromatic heterocycles. The molecule has 3 rings (SSSR count). The van der Waals surface area contributed by atoms with Crippen LogP contribution in [0.4, 0.5) is 0 Å². The van der Waals surface area contributed by atoms with Crippen LogP contribution in [0.2, 0.25) is 0 Å². The van der Waals surface area contributed by atoms with Crippen LogP contribution in [0.1, 0.15) is 56.3 Å². The third kappa shape index (κ3) is 3.65. The van der Waals surface area contributed by atoms with E-state index in [1.54, 1.807) is 11.0 Å². The quantitative estimate of drug-likeness (QED) is 0.925. The van der Waals surface area contributed by atoms with E-state index in [2.05, 4.69) is 19.2 Å². The van der Waals surface area contributed by atoms with Gasteiger partial charge < -0.3 is 14.6 Å². The number of carbonyl (C=O) groups is 2. The summed E-state index contributed by atoms with van der Waals surface area (Å²) in [7, 11) is 0. The maximum Gasteiger partial charge on any atom is 0.257 e. The van der Waals surface area contributed by atoms with Crippen molar-refractivity contribution >= 4 is 11.8 Å². The summed E-state index contributed by atoms with van der Waals surface area (Å²) in [5, 5.41) is 3.27. The summed E-state index contributed by atoms with van der Waals surface area (Å²) in [5.74, 6) is 1.16. The van der Waals surface area contributed by atoms with Gasteiger partial charge in [-0.2, -0.15) is 0 Å². The molecule has 1 aliphatic heterocycles. The van der Waals surface area contributed by atoms with E-state index in [-0.39, 0.29) is 23.8 Å². The third-order valence-electron chi connectivity index (χ3n) is 5.88. The van der Waals surface area contributed by atoms with Gasteiger partial charge in [0.15, 0.2) is 0 Å². The van der Waals surface area contributed by atoms with Gasteiger partial charge in [-0.25, -0.2) is 0 Å². The van der Waals surface area contributed by atoms with Crippen LogP contribution < -0.4 is 5.32 Å². The molecule has 2 amide bonds. The molecule has 0 spiro atoms. The predicted molar refractivity (Wildman–Crippen MR) is 91.4 cm³/mol. The summed E-state index contributed by atoms with van der Waals surface area (Å²) in [5.41, 5.74) is 0.561. The molecule has 2 aliphatic rings. The van der Waals surface area contributed by atoms with Crippen molar-refractivity contribution in [2.75, 3.05) is 13.1 Å². The smallest absolute Gasteiger partial charge is 0.257 e. The third-order valence-corrected chi connectivity index (χ3v) is 5.88. The molecule has 1 N–H and O–H groups in total. The number of rotatable bonds is 3. The average Bonchev–Trinajstić information content (AvgIpc) is 3.13. The van der Waals surface area contributed by atoms with E-state index in [4.69, 9.17) is 4.42 Å². The van der Waals surface area contributed by atoms with Crippen LogP contribution in [0.15, 0.2) is 23.0 Å². The summed E-state index contributed by atoms with van der Waals surface area (Å²) in [4.78, 5) is 26.9. The number of nitrogens with one attached hydrogen (secondary N) is 1. The van der Waals surface area contributed by atoms with Crippen LogP contribution >= 0.6 is 0 Å². The van der Waals surface area contributed by atoms with Crippen LogP contribution in [0.25, 0.3) is 0 Å². The molecule has 5 nitrogen and oxygen atoms in total. The first kappa shape index (κ1) is 17.1. The number of hydrogen-bond acceptors (Lipinski definition) is 3. The average molecular weight is 332 g/mol. The number of hydrogen-bond donors (Lipinski definition) is 1. The van der Waals surface area contributed by atoms with Gasteiger partial charge in [-0.05, 0) is 37.2 Å². The minimum Gasteiger partial charge on any atom is -0.472 e. The second kappa shape index (κ2) is 7.41. The summed E-state index contributed by atoms with van der Waals surface area (Å²) < 4.78 is 5.00. The molecule has 1 saturated heterocycles. The molecule has 1 aromatic rings. The lowest BCUT2D eigenvalue weighted by Gasteiger charge is -2.37. The molecule has 0 unspecified atom stereocenters. The van der Waals surface area contributed by atoms with Crippen molar-refractivity contribution in [2.24, 2.45) is 17.8 Å². The molecule has 0 radical (unpaired) electrons. The van der Waals surface area contributed by atoms with E-state index in [0.29, 0.717) is 30.5 Å². The van der Waals surface area contributed by atoms with Crippen LogP contribution in [0, 0.1) is 17.8 Å². The Labute approximate surface area is 143 Å². The molecule has 2 heterocycles. The highest BCUT2D eigenvalue weighted by atomic mass is 16.3. The molecule has 132 valence electrons. The Hall–Kier alpha value is -1.78. The Bertz CT molecular complexity index is 569. The fourth-order valence-corrected chi connectivity index (χ4v) is 4.03. The number of furan rings is 1. The Morgan fingerprint density at radius 3 is 2.79 bits per heavy atom. The second-order valence-electron chi connectivity index (χ2n) is 7.48. The molecule has 1 aliphatic carbocycles. The van der Waals surface area contributed by atoms with E-state index in [1.165, 1.54) is 25.4 Å². The number of carbonyl (C=O) groups excluding carboxylic acids is 2. The molecular formula is C19H28N2O3. The summed E-state index contributed by atoms with van der Waals surface area (Å²) in [6.45, 7) is 5.73. The lowest BCUT2D eigenvalue weighted by molar-refractivity contribution is -0.127. The molecule has 24 heavy (non-hydrogen) atoms. The monoisotopic (exact) mass is 332 g/mol. The number of piperidine rings is 1. The van der Waals surface area contributed by atoms with Crippen molar-refractivity contribution in [1.29, 1.82) is 0 Å². The van der Waals surface area contributed by atoms with E-state index >= 15 is 0 Å². The summed E-state index contributed by atoms with van der Waals surface area (Å²) in [6, 6.07) is 1.96. The summed E-state index contributed by atoms with van der Waals surface area (Å²) >= 11 is 0. The SMILES string of the molecule is C[C@@H]1[C@H](C)CCC[C@@H]1NC(=O)[C@H]1CCCN(C(=O)c2ccoc2)C1. The van der Waals surface area contributed by atoms with Crippen molar-refractivity contribution in [1.82, 2.24) is 10.2 Å². The molecule has 1 saturated carbocycles.